The lowest BCUT2D eigenvalue weighted by Gasteiger charge is -2.32. The molecule has 0 unspecified atom stereocenters. The molecule has 1 aromatic heterocycles. The summed E-state index contributed by atoms with van der Waals surface area (Å²) in [5.74, 6) is 0.786. The Morgan fingerprint density at radius 2 is 1.83 bits per heavy atom. The predicted octanol–water partition coefficient (Wildman–Crippen LogP) is 3.68. The number of rotatable bonds is 5. The zero-order valence-electron chi connectivity index (χ0n) is 17.1. The van der Waals surface area contributed by atoms with Gasteiger partial charge in [0.25, 0.3) is 5.91 Å². The quantitative estimate of drug-likeness (QED) is 0.676. The van der Waals surface area contributed by atoms with Crippen LogP contribution in [0.4, 0.5) is 5.69 Å². The molecule has 3 aromatic rings. The molecule has 2 aromatic carbocycles. The molecule has 1 aliphatic rings. The number of hydrogen-bond acceptors (Lipinski definition) is 4. The number of carbonyl (C=O) groups is 2. The van der Waals surface area contributed by atoms with Crippen LogP contribution in [0.5, 0.6) is 11.5 Å². The number of ether oxygens (including phenoxy) is 2. The molecular weight excluding hydrogens is 382 g/mol. The zero-order valence-corrected chi connectivity index (χ0v) is 17.1. The Labute approximate surface area is 175 Å². The van der Waals surface area contributed by atoms with Gasteiger partial charge in [0.2, 0.25) is 5.91 Å². The highest BCUT2D eigenvalue weighted by molar-refractivity contribution is 5.99. The molecule has 7 heteroatoms. The van der Waals surface area contributed by atoms with Crippen molar-refractivity contribution in [3.05, 3.63) is 54.2 Å². The Balaban J connectivity index is 1.45. The van der Waals surface area contributed by atoms with E-state index in [2.05, 4.69) is 10.3 Å². The van der Waals surface area contributed by atoms with Crippen LogP contribution in [0.3, 0.4) is 0 Å². The van der Waals surface area contributed by atoms with E-state index in [1.54, 1.807) is 37.3 Å². The van der Waals surface area contributed by atoms with Crippen molar-refractivity contribution in [1.82, 2.24) is 9.88 Å². The highest BCUT2D eigenvalue weighted by atomic mass is 16.5. The van der Waals surface area contributed by atoms with E-state index in [4.69, 9.17) is 9.47 Å². The monoisotopic (exact) mass is 407 g/mol. The van der Waals surface area contributed by atoms with Crippen LogP contribution in [-0.4, -0.2) is 49.0 Å². The molecule has 1 saturated heterocycles. The van der Waals surface area contributed by atoms with E-state index < -0.39 is 0 Å². The number of piperidine rings is 1. The molecule has 156 valence electrons. The van der Waals surface area contributed by atoms with Crippen LogP contribution in [0, 0.1) is 5.92 Å². The van der Waals surface area contributed by atoms with Gasteiger partial charge in [0, 0.05) is 59.6 Å². The first-order chi connectivity index (χ1) is 14.6. The summed E-state index contributed by atoms with van der Waals surface area (Å²) >= 11 is 0. The number of carbonyl (C=O) groups excluding carboxylic acids is 2. The van der Waals surface area contributed by atoms with Gasteiger partial charge in [-0.3, -0.25) is 9.59 Å². The van der Waals surface area contributed by atoms with Gasteiger partial charge in [-0.15, -0.1) is 0 Å². The summed E-state index contributed by atoms with van der Waals surface area (Å²) in [6, 6.07) is 12.8. The standard InChI is InChI=1S/C23H25N3O4/c1-29-19-11-18(12-20(13-19)30-2)25-22(27)17-4-3-9-26(14-17)23(28)16-5-6-21-15(10-16)7-8-24-21/h5-8,10-13,17,24H,3-4,9,14H2,1-2H3,(H,25,27)/t17-/m1/s1. The minimum absolute atomic E-state index is 0.0429. The van der Waals surface area contributed by atoms with Crippen LogP contribution < -0.4 is 14.8 Å². The summed E-state index contributed by atoms with van der Waals surface area (Å²) < 4.78 is 10.5. The van der Waals surface area contributed by atoms with Crippen molar-refractivity contribution in [3.8, 4) is 11.5 Å². The number of H-pyrrole nitrogens is 1. The Morgan fingerprint density at radius 3 is 2.57 bits per heavy atom. The van der Waals surface area contributed by atoms with Crippen LogP contribution in [0.1, 0.15) is 23.2 Å². The van der Waals surface area contributed by atoms with E-state index in [0.29, 0.717) is 35.8 Å². The van der Waals surface area contributed by atoms with Gasteiger partial charge in [-0.05, 0) is 37.1 Å². The molecule has 0 radical (unpaired) electrons. The molecule has 0 spiro atoms. The number of amides is 2. The van der Waals surface area contributed by atoms with Gasteiger partial charge in [0.15, 0.2) is 0 Å². The first-order valence-corrected chi connectivity index (χ1v) is 9.97. The topological polar surface area (TPSA) is 83.7 Å². The fourth-order valence-electron chi connectivity index (χ4n) is 3.87. The van der Waals surface area contributed by atoms with Crippen molar-refractivity contribution >= 4 is 28.4 Å². The molecule has 0 bridgehead atoms. The summed E-state index contributed by atoms with van der Waals surface area (Å²) in [7, 11) is 3.13. The second-order valence-electron chi connectivity index (χ2n) is 7.46. The lowest BCUT2D eigenvalue weighted by atomic mass is 9.96. The molecule has 4 rings (SSSR count). The van der Waals surface area contributed by atoms with Crippen molar-refractivity contribution in [2.75, 3.05) is 32.6 Å². The lowest BCUT2D eigenvalue weighted by molar-refractivity contribution is -0.121. The van der Waals surface area contributed by atoms with E-state index in [1.165, 1.54) is 0 Å². The molecule has 1 fully saturated rings. The number of aromatic amines is 1. The maximum atomic E-state index is 13.0. The van der Waals surface area contributed by atoms with Crippen molar-refractivity contribution in [1.29, 1.82) is 0 Å². The van der Waals surface area contributed by atoms with E-state index >= 15 is 0 Å². The van der Waals surface area contributed by atoms with Crippen LogP contribution in [0.15, 0.2) is 48.7 Å². The Bertz CT molecular complexity index is 1050. The molecule has 0 aliphatic carbocycles. The third-order valence-electron chi connectivity index (χ3n) is 5.50. The molecule has 1 atom stereocenters. The number of aromatic nitrogens is 1. The van der Waals surface area contributed by atoms with Gasteiger partial charge in [-0.1, -0.05) is 0 Å². The number of nitrogens with one attached hydrogen (secondary N) is 2. The number of anilines is 1. The molecule has 2 amide bonds. The third-order valence-corrected chi connectivity index (χ3v) is 5.50. The van der Waals surface area contributed by atoms with Crippen molar-refractivity contribution in [2.24, 2.45) is 5.92 Å². The van der Waals surface area contributed by atoms with Crippen molar-refractivity contribution in [2.45, 2.75) is 12.8 Å². The van der Waals surface area contributed by atoms with Gasteiger partial charge in [-0.25, -0.2) is 0 Å². The summed E-state index contributed by atoms with van der Waals surface area (Å²) in [4.78, 5) is 30.8. The van der Waals surface area contributed by atoms with Crippen LogP contribution in [0.2, 0.25) is 0 Å². The fraction of sp³-hybridized carbons (Fsp3) is 0.304. The maximum Gasteiger partial charge on any atom is 0.253 e. The minimum Gasteiger partial charge on any atom is -0.497 e. The summed E-state index contributed by atoms with van der Waals surface area (Å²) in [5.41, 5.74) is 2.24. The first-order valence-electron chi connectivity index (χ1n) is 9.97. The van der Waals surface area contributed by atoms with E-state index in [1.807, 2.05) is 30.5 Å². The second-order valence-corrected chi connectivity index (χ2v) is 7.46. The lowest BCUT2D eigenvalue weighted by Crippen LogP contribution is -2.43. The largest absolute Gasteiger partial charge is 0.497 e. The van der Waals surface area contributed by atoms with Crippen LogP contribution in [0.25, 0.3) is 10.9 Å². The van der Waals surface area contributed by atoms with E-state index in [0.717, 1.165) is 23.7 Å². The smallest absolute Gasteiger partial charge is 0.253 e. The van der Waals surface area contributed by atoms with Gasteiger partial charge in [0.1, 0.15) is 11.5 Å². The summed E-state index contributed by atoms with van der Waals surface area (Å²) in [5, 5.41) is 3.94. The molecule has 2 N–H and O–H groups in total. The predicted molar refractivity (Wildman–Crippen MR) is 115 cm³/mol. The molecular formula is C23H25N3O4. The van der Waals surface area contributed by atoms with Crippen LogP contribution >= 0.6 is 0 Å². The molecule has 7 nitrogen and oxygen atoms in total. The SMILES string of the molecule is COc1cc(NC(=O)[C@@H]2CCCN(C(=O)c3ccc4[nH]ccc4c3)C2)cc(OC)c1. The van der Waals surface area contributed by atoms with Gasteiger partial charge >= 0.3 is 0 Å². The second kappa shape index (κ2) is 8.49. The third kappa shape index (κ3) is 4.10. The van der Waals surface area contributed by atoms with E-state index in [9.17, 15) is 9.59 Å². The zero-order chi connectivity index (χ0) is 21.1. The average Bonchev–Trinajstić information content (AvgIpc) is 3.26. The first kappa shape index (κ1) is 19.8. The van der Waals surface area contributed by atoms with Crippen molar-refractivity contribution < 1.29 is 19.1 Å². The fourth-order valence-corrected chi connectivity index (χ4v) is 3.87. The Hall–Kier alpha value is -3.48. The summed E-state index contributed by atoms with van der Waals surface area (Å²) in [6.07, 6.45) is 3.39. The molecule has 0 saturated carbocycles. The number of fused-ring (bicyclic) bond motifs is 1. The van der Waals surface area contributed by atoms with Crippen molar-refractivity contribution in [3.63, 3.8) is 0 Å². The number of nitrogens with zero attached hydrogens (tertiary/aromatic N) is 1. The normalized spacial score (nSPS) is 16.3. The average molecular weight is 407 g/mol. The number of hydrogen-bond donors (Lipinski definition) is 2. The highest BCUT2D eigenvalue weighted by Crippen LogP contribution is 2.27. The van der Waals surface area contributed by atoms with Gasteiger partial charge < -0.3 is 24.7 Å². The van der Waals surface area contributed by atoms with E-state index in [-0.39, 0.29) is 17.7 Å². The maximum absolute atomic E-state index is 13.0. The Kier molecular flexibility index (Phi) is 5.61. The molecule has 1 aliphatic heterocycles. The highest BCUT2D eigenvalue weighted by Gasteiger charge is 2.29. The summed E-state index contributed by atoms with van der Waals surface area (Å²) in [6.45, 7) is 1.05. The number of benzene rings is 2. The molecule has 2 heterocycles. The van der Waals surface area contributed by atoms with Crippen LogP contribution in [-0.2, 0) is 4.79 Å². The molecule has 30 heavy (non-hydrogen) atoms. The minimum atomic E-state index is -0.268. The van der Waals surface area contributed by atoms with Gasteiger partial charge in [-0.2, -0.15) is 0 Å². The number of methoxy groups -OCH3 is 2. The van der Waals surface area contributed by atoms with Gasteiger partial charge in [0.05, 0.1) is 20.1 Å². The Morgan fingerprint density at radius 1 is 1.07 bits per heavy atom. The number of likely N-dealkylation sites (tertiary alicyclic amines) is 1.